The standard InChI is InChI=1S/C12H13N5O3/c13-12(18)15-6-5-14-11-8-3-1-2-4-9(8)16-7-10(11)17(19)20/h1-4,7H,5-6H2,(H,14,16)(H3,13,15,18). The molecule has 0 aliphatic carbocycles. The highest BCUT2D eigenvalue weighted by Crippen LogP contribution is 2.30. The fourth-order valence-corrected chi connectivity index (χ4v) is 1.83. The van der Waals surface area contributed by atoms with E-state index in [1.165, 1.54) is 6.20 Å². The minimum absolute atomic E-state index is 0.109. The van der Waals surface area contributed by atoms with Crippen LogP contribution in [0.1, 0.15) is 0 Å². The van der Waals surface area contributed by atoms with Gasteiger partial charge >= 0.3 is 11.7 Å². The van der Waals surface area contributed by atoms with Crippen LogP contribution in [0.3, 0.4) is 0 Å². The summed E-state index contributed by atoms with van der Waals surface area (Å²) in [7, 11) is 0. The van der Waals surface area contributed by atoms with Gasteiger partial charge < -0.3 is 16.4 Å². The van der Waals surface area contributed by atoms with Crippen molar-refractivity contribution in [3.63, 3.8) is 0 Å². The summed E-state index contributed by atoms with van der Waals surface area (Å²) >= 11 is 0. The Morgan fingerprint density at radius 1 is 1.35 bits per heavy atom. The van der Waals surface area contributed by atoms with E-state index in [1.54, 1.807) is 24.3 Å². The molecule has 2 rings (SSSR count). The van der Waals surface area contributed by atoms with Gasteiger partial charge in [-0.15, -0.1) is 0 Å². The van der Waals surface area contributed by atoms with Crippen LogP contribution in [0.5, 0.6) is 0 Å². The van der Waals surface area contributed by atoms with Gasteiger partial charge in [-0.05, 0) is 6.07 Å². The Balaban J connectivity index is 2.30. The monoisotopic (exact) mass is 275 g/mol. The molecule has 0 bridgehead atoms. The Hall–Kier alpha value is -2.90. The summed E-state index contributed by atoms with van der Waals surface area (Å²) in [6.07, 6.45) is 1.21. The first-order chi connectivity index (χ1) is 9.59. The lowest BCUT2D eigenvalue weighted by Gasteiger charge is -2.10. The molecule has 0 fully saturated rings. The van der Waals surface area contributed by atoms with Crippen LogP contribution in [0.4, 0.5) is 16.2 Å². The molecule has 1 heterocycles. The molecule has 0 spiro atoms. The lowest BCUT2D eigenvalue weighted by molar-refractivity contribution is -0.384. The Morgan fingerprint density at radius 3 is 2.80 bits per heavy atom. The number of urea groups is 1. The number of hydrogen-bond acceptors (Lipinski definition) is 5. The Morgan fingerprint density at radius 2 is 2.10 bits per heavy atom. The molecule has 0 unspecified atom stereocenters. The fourth-order valence-electron chi connectivity index (χ4n) is 1.83. The number of nitrogens with zero attached hydrogens (tertiary/aromatic N) is 2. The van der Waals surface area contributed by atoms with Gasteiger partial charge in [0.25, 0.3) is 0 Å². The second-order valence-electron chi connectivity index (χ2n) is 4.01. The maximum Gasteiger partial charge on any atom is 0.312 e. The summed E-state index contributed by atoms with van der Waals surface area (Å²) in [5, 5.41) is 17.0. The maximum atomic E-state index is 11.0. The average Bonchev–Trinajstić information content (AvgIpc) is 2.42. The molecule has 2 amide bonds. The summed E-state index contributed by atoms with van der Waals surface area (Å²) in [6, 6.07) is 6.46. The van der Waals surface area contributed by atoms with Crippen LogP contribution in [0.2, 0.25) is 0 Å². The van der Waals surface area contributed by atoms with Crippen LogP contribution in [0, 0.1) is 10.1 Å². The van der Waals surface area contributed by atoms with Gasteiger partial charge in [-0.2, -0.15) is 0 Å². The molecular weight excluding hydrogens is 262 g/mol. The van der Waals surface area contributed by atoms with Gasteiger partial charge in [-0.25, -0.2) is 9.78 Å². The number of aromatic nitrogens is 1. The number of carbonyl (C=O) groups excluding carboxylic acids is 1. The molecule has 0 saturated heterocycles. The second-order valence-corrected chi connectivity index (χ2v) is 4.01. The first kappa shape index (κ1) is 13.5. The van der Waals surface area contributed by atoms with Crippen molar-refractivity contribution >= 4 is 28.3 Å². The van der Waals surface area contributed by atoms with Gasteiger partial charge in [0.05, 0.1) is 10.4 Å². The number of benzene rings is 1. The molecule has 0 aliphatic heterocycles. The molecule has 20 heavy (non-hydrogen) atoms. The molecule has 8 nitrogen and oxygen atoms in total. The number of primary amides is 1. The highest BCUT2D eigenvalue weighted by atomic mass is 16.6. The summed E-state index contributed by atoms with van der Waals surface area (Å²) in [5.41, 5.74) is 5.87. The number of nitrogens with two attached hydrogens (primary N) is 1. The summed E-state index contributed by atoms with van der Waals surface area (Å²) in [4.78, 5) is 25.2. The van der Waals surface area contributed by atoms with Gasteiger partial charge in [0.2, 0.25) is 0 Å². The Bertz CT molecular complexity index is 659. The zero-order chi connectivity index (χ0) is 14.5. The molecular formula is C12H13N5O3. The van der Waals surface area contributed by atoms with Gasteiger partial charge in [0.1, 0.15) is 11.9 Å². The Labute approximate surface area is 114 Å². The normalized spacial score (nSPS) is 10.2. The van der Waals surface area contributed by atoms with Crippen LogP contribution < -0.4 is 16.4 Å². The average molecular weight is 275 g/mol. The maximum absolute atomic E-state index is 11.0. The fraction of sp³-hybridized carbons (Fsp3) is 0.167. The van der Waals surface area contributed by atoms with Crippen molar-refractivity contribution in [2.24, 2.45) is 5.73 Å². The zero-order valence-electron chi connectivity index (χ0n) is 10.5. The number of hydrogen-bond donors (Lipinski definition) is 3. The van der Waals surface area contributed by atoms with Crippen LogP contribution in [0.25, 0.3) is 10.9 Å². The third kappa shape index (κ3) is 2.91. The van der Waals surface area contributed by atoms with Crippen LogP contribution in [0.15, 0.2) is 30.5 Å². The third-order valence-corrected chi connectivity index (χ3v) is 2.68. The predicted molar refractivity (Wildman–Crippen MR) is 74.5 cm³/mol. The van der Waals surface area contributed by atoms with Crippen molar-refractivity contribution in [1.82, 2.24) is 10.3 Å². The van der Waals surface area contributed by atoms with Crippen LogP contribution in [-0.2, 0) is 0 Å². The van der Waals surface area contributed by atoms with E-state index in [4.69, 9.17) is 5.73 Å². The van der Waals surface area contributed by atoms with Gasteiger partial charge in [0, 0.05) is 18.5 Å². The van der Waals surface area contributed by atoms with E-state index in [0.717, 1.165) is 0 Å². The summed E-state index contributed by atoms with van der Waals surface area (Å²) in [6.45, 7) is 0.584. The number of fused-ring (bicyclic) bond motifs is 1. The number of anilines is 1. The predicted octanol–water partition coefficient (Wildman–Crippen LogP) is 1.22. The van der Waals surface area contributed by atoms with Gasteiger partial charge in [-0.3, -0.25) is 10.1 Å². The molecule has 0 radical (unpaired) electrons. The van der Waals surface area contributed by atoms with E-state index < -0.39 is 11.0 Å². The van der Waals surface area contributed by atoms with E-state index in [2.05, 4.69) is 15.6 Å². The molecule has 8 heteroatoms. The van der Waals surface area contributed by atoms with Crippen molar-refractivity contribution in [3.8, 4) is 0 Å². The number of nitro groups is 1. The van der Waals surface area contributed by atoms with E-state index >= 15 is 0 Å². The van der Waals surface area contributed by atoms with Crippen molar-refractivity contribution < 1.29 is 9.72 Å². The first-order valence-electron chi connectivity index (χ1n) is 5.89. The van der Waals surface area contributed by atoms with Crippen molar-refractivity contribution in [2.45, 2.75) is 0 Å². The van der Waals surface area contributed by atoms with Crippen molar-refractivity contribution in [3.05, 3.63) is 40.6 Å². The van der Waals surface area contributed by atoms with Crippen molar-refractivity contribution in [1.29, 1.82) is 0 Å². The zero-order valence-corrected chi connectivity index (χ0v) is 10.5. The minimum atomic E-state index is -0.638. The number of para-hydroxylation sites is 1. The lowest BCUT2D eigenvalue weighted by atomic mass is 10.1. The molecule has 4 N–H and O–H groups in total. The number of amides is 2. The second kappa shape index (κ2) is 5.83. The number of rotatable bonds is 5. The lowest BCUT2D eigenvalue weighted by Crippen LogP contribution is -2.33. The highest BCUT2D eigenvalue weighted by molar-refractivity contribution is 5.95. The molecule has 104 valence electrons. The summed E-state index contributed by atoms with van der Waals surface area (Å²) in [5.74, 6) is 0. The molecule has 1 aromatic heterocycles. The smallest absolute Gasteiger partial charge is 0.312 e. The van der Waals surface area contributed by atoms with Crippen molar-refractivity contribution in [2.75, 3.05) is 18.4 Å². The quantitative estimate of drug-likeness (QED) is 0.430. The Kier molecular flexibility index (Phi) is 3.94. The highest BCUT2D eigenvalue weighted by Gasteiger charge is 2.17. The van der Waals surface area contributed by atoms with Crippen LogP contribution >= 0.6 is 0 Å². The molecule has 0 atom stereocenters. The summed E-state index contributed by atoms with van der Waals surface area (Å²) < 4.78 is 0. The number of carbonyl (C=O) groups is 1. The van der Waals surface area contributed by atoms with Gasteiger partial charge in [-0.1, -0.05) is 18.2 Å². The number of pyridine rings is 1. The van der Waals surface area contributed by atoms with Crippen LogP contribution in [-0.4, -0.2) is 29.0 Å². The number of nitrogens with one attached hydrogen (secondary N) is 2. The van der Waals surface area contributed by atoms with Gasteiger partial charge in [0.15, 0.2) is 0 Å². The van der Waals surface area contributed by atoms with E-state index in [0.29, 0.717) is 23.1 Å². The minimum Gasteiger partial charge on any atom is -0.377 e. The molecule has 1 aromatic carbocycles. The topological polar surface area (TPSA) is 123 Å². The third-order valence-electron chi connectivity index (χ3n) is 2.68. The first-order valence-corrected chi connectivity index (χ1v) is 5.89. The molecule has 0 saturated carbocycles. The molecule has 0 aliphatic rings. The van der Waals surface area contributed by atoms with E-state index in [9.17, 15) is 14.9 Å². The largest absolute Gasteiger partial charge is 0.377 e. The van der Waals surface area contributed by atoms with E-state index in [1.807, 2.05) is 0 Å². The van der Waals surface area contributed by atoms with E-state index in [-0.39, 0.29) is 12.2 Å². The SMILES string of the molecule is NC(=O)NCCNc1c([N+](=O)[O-])cnc2ccccc12. The molecule has 2 aromatic rings.